The van der Waals surface area contributed by atoms with Gasteiger partial charge in [-0.25, -0.2) is 9.59 Å². The van der Waals surface area contributed by atoms with Gasteiger partial charge in [-0.2, -0.15) is 0 Å². The van der Waals surface area contributed by atoms with Gasteiger partial charge in [0.1, 0.15) is 22.6 Å². The standard InChI is InChI=1S/C20H6Cl8O4/c21-9-3-1-7(5-11(9)23)31-19(29)13-15(25)17(27)14(18(28)16(13)26)20(30)32-8-2-4-10(22)12(24)6-8/h1-6H. The highest BCUT2D eigenvalue weighted by molar-refractivity contribution is 6.52. The third-order valence-electron chi connectivity index (χ3n) is 3.87. The van der Waals surface area contributed by atoms with Crippen LogP contribution in [0.1, 0.15) is 20.7 Å². The highest BCUT2D eigenvalue weighted by Crippen LogP contribution is 2.42. The molecule has 0 radical (unpaired) electrons. The third-order valence-corrected chi connectivity index (χ3v) is 7.06. The summed E-state index contributed by atoms with van der Waals surface area (Å²) in [7, 11) is 0. The molecule has 166 valence electrons. The zero-order chi connectivity index (χ0) is 23.7. The largest absolute Gasteiger partial charge is 0.423 e. The lowest BCUT2D eigenvalue weighted by Gasteiger charge is -2.15. The van der Waals surface area contributed by atoms with Gasteiger partial charge in [-0.15, -0.1) is 0 Å². The average Bonchev–Trinajstić information content (AvgIpc) is 2.72. The monoisotopic (exact) mass is 590 g/mol. The highest BCUT2D eigenvalue weighted by atomic mass is 35.5. The van der Waals surface area contributed by atoms with Gasteiger partial charge in [-0.05, 0) is 24.3 Å². The molecule has 32 heavy (non-hydrogen) atoms. The lowest BCUT2D eigenvalue weighted by atomic mass is 10.1. The molecule has 3 rings (SSSR count). The molecule has 0 aliphatic heterocycles. The molecule has 0 atom stereocenters. The van der Waals surface area contributed by atoms with E-state index >= 15 is 0 Å². The molecule has 12 heteroatoms. The summed E-state index contributed by atoms with van der Waals surface area (Å²) in [6, 6.07) is 8.29. The van der Waals surface area contributed by atoms with Crippen LogP contribution in [0.25, 0.3) is 0 Å². The summed E-state index contributed by atoms with van der Waals surface area (Å²) in [5.41, 5.74) is -0.721. The van der Waals surface area contributed by atoms with Crippen LogP contribution in [-0.2, 0) is 0 Å². The highest BCUT2D eigenvalue weighted by Gasteiger charge is 2.30. The van der Waals surface area contributed by atoms with E-state index in [4.69, 9.17) is 102 Å². The number of ether oxygens (including phenoxy) is 2. The Labute approximate surface area is 221 Å². The zero-order valence-corrected chi connectivity index (χ0v) is 21.2. The minimum atomic E-state index is -0.994. The van der Waals surface area contributed by atoms with E-state index in [1.807, 2.05) is 0 Å². The predicted molar refractivity (Wildman–Crippen MR) is 129 cm³/mol. The number of esters is 2. The van der Waals surface area contributed by atoms with Crippen LogP contribution in [-0.4, -0.2) is 11.9 Å². The second-order valence-corrected chi connectivity index (χ2v) is 9.08. The number of hydrogen-bond donors (Lipinski definition) is 0. The normalized spacial score (nSPS) is 10.8. The van der Waals surface area contributed by atoms with E-state index in [1.54, 1.807) is 0 Å². The zero-order valence-electron chi connectivity index (χ0n) is 15.1. The van der Waals surface area contributed by atoms with Crippen LogP contribution >= 0.6 is 92.8 Å². The summed E-state index contributed by atoms with van der Waals surface area (Å²) in [5.74, 6) is -1.86. The lowest BCUT2D eigenvalue weighted by Crippen LogP contribution is -2.15. The van der Waals surface area contributed by atoms with E-state index in [2.05, 4.69) is 0 Å². The Kier molecular flexibility index (Phi) is 8.35. The minimum absolute atomic E-state index is 0.0619. The van der Waals surface area contributed by atoms with Crippen molar-refractivity contribution in [1.82, 2.24) is 0 Å². The Morgan fingerprint density at radius 3 is 1.09 bits per heavy atom. The van der Waals surface area contributed by atoms with Crippen LogP contribution < -0.4 is 9.47 Å². The van der Waals surface area contributed by atoms with Crippen molar-refractivity contribution in [3.8, 4) is 11.5 Å². The van der Waals surface area contributed by atoms with Gasteiger partial charge in [-0.3, -0.25) is 0 Å². The molecule has 0 unspecified atom stereocenters. The Hall–Kier alpha value is -1.08. The second kappa shape index (κ2) is 10.5. The Balaban J connectivity index is 1.95. The van der Waals surface area contributed by atoms with Gasteiger partial charge < -0.3 is 9.47 Å². The van der Waals surface area contributed by atoms with Crippen molar-refractivity contribution in [2.75, 3.05) is 0 Å². The first kappa shape index (κ1) is 25.5. The molecular formula is C20H6Cl8O4. The van der Waals surface area contributed by atoms with Crippen molar-refractivity contribution in [3.63, 3.8) is 0 Å². The van der Waals surface area contributed by atoms with Crippen LogP contribution in [0.3, 0.4) is 0 Å². The Morgan fingerprint density at radius 2 is 0.812 bits per heavy atom. The Morgan fingerprint density at radius 1 is 0.500 bits per heavy atom. The Bertz CT molecular complexity index is 1130. The first-order valence-electron chi connectivity index (χ1n) is 8.21. The fraction of sp³-hybridized carbons (Fsp3) is 0. The number of hydrogen-bond acceptors (Lipinski definition) is 4. The molecule has 0 amide bonds. The van der Waals surface area contributed by atoms with Crippen molar-refractivity contribution in [1.29, 1.82) is 0 Å². The molecule has 0 spiro atoms. The number of carbonyl (C=O) groups excluding carboxylic acids is 2. The van der Waals surface area contributed by atoms with Crippen molar-refractivity contribution in [2.45, 2.75) is 0 Å². The maximum absolute atomic E-state index is 12.7. The third kappa shape index (κ3) is 5.35. The van der Waals surface area contributed by atoms with Crippen LogP contribution in [0.15, 0.2) is 36.4 Å². The summed E-state index contributed by atoms with van der Waals surface area (Å²) in [6.07, 6.45) is 0. The van der Waals surface area contributed by atoms with Gasteiger partial charge in [0, 0.05) is 12.1 Å². The van der Waals surface area contributed by atoms with Gasteiger partial charge in [0.2, 0.25) is 0 Å². The fourth-order valence-corrected chi connectivity index (χ4v) is 4.12. The van der Waals surface area contributed by atoms with Gasteiger partial charge >= 0.3 is 11.9 Å². The van der Waals surface area contributed by atoms with E-state index in [1.165, 1.54) is 36.4 Å². The molecular weight excluding hydrogens is 588 g/mol. The van der Waals surface area contributed by atoms with Crippen molar-refractivity contribution in [3.05, 3.63) is 87.7 Å². The molecule has 0 bridgehead atoms. The molecule has 0 aromatic heterocycles. The molecule has 0 aliphatic carbocycles. The summed E-state index contributed by atoms with van der Waals surface area (Å²) < 4.78 is 10.4. The first-order chi connectivity index (χ1) is 15.0. The van der Waals surface area contributed by atoms with E-state index < -0.39 is 11.9 Å². The number of carbonyl (C=O) groups is 2. The smallest absolute Gasteiger partial charge is 0.346 e. The van der Waals surface area contributed by atoms with Crippen molar-refractivity contribution >= 4 is 105 Å². The molecule has 4 nitrogen and oxygen atoms in total. The van der Waals surface area contributed by atoms with Gasteiger partial charge in [0.05, 0.1) is 40.2 Å². The molecule has 0 saturated carbocycles. The minimum Gasteiger partial charge on any atom is -0.423 e. The quantitative estimate of drug-likeness (QED) is 0.172. The molecule has 0 heterocycles. The molecule has 0 saturated heterocycles. The molecule has 0 fully saturated rings. The first-order valence-corrected chi connectivity index (χ1v) is 11.2. The molecule has 3 aromatic carbocycles. The topological polar surface area (TPSA) is 52.6 Å². The van der Waals surface area contributed by atoms with Gasteiger partial charge in [0.25, 0.3) is 0 Å². The van der Waals surface area contributed by atoms with Gasteiger partial charge in [0.15, 0.2) is 0 Å². The summed E-state index contributed by atoms with van der Waals surface area (Å²) >= 11 is 48.4. The number of halogens is 8. The molecule has 0 aliphatic rings. The number of rotatable bonds is 4. The van der Waals surface area contributed by atoms with Gasteiger partial charge in [-0.1, -0.05) is 92.8 Å². The number of benzene rings is 3. The summed E-state index contributed by atoms with van der Waals surface area (Å²) in [5, 5.41) is -0.632. The van der Waals surface area contributed by atoms with E-state index in [0.717, 1.165) is 0 Å². The van der Waals surface area contributed by atoms with E-state index in [-0.39, 0.29) is 62.8 Å². The lowest BCUT2D eigenvalue weighted by molar-refractivity contribution is 0.0721. The van der Waals surface area contributed by atoms with Crippen LogP contribution in [0.5, 0.6) is 11.5 Å². The molecule has 3 aromatic rings. The van der Waals surface area contributed by atoms with E-state index in [9.17, 15) is 9.59 Å². The van der Waals surface area contributed by atoms with E-state index in [0.29, 0.717) is 0 Å². The van der Waals surface area contributed by atoms with Crippen molar-refractivity contribution in [2.24, 2.45) is 0 Å². The van der Waals surface area contributed by atoms with Crippen LogP contribution in [0.2, 0.25) is 40.2 Å². The predicted octanol–water partition coefficient (Wildman–Crippen LogP) is 9.35. The summed E-state index contributed by atoms with van der Waals surface area (Å²) in [6.45, 7) is 0. The van der Waals surface area contributed by atoms with Crippen LogP contribution in [0.4, 0.5) is 0 Å². The molecule has 0 N–H and O–H groups in total. The maximum Gasteiger partial charge on any atom is 0.346 e. The SMILES string of the molecule is O=C(Oc1ccc(Cl)c(Cl)c1)c1c(Cl)c(Cl)c(C(=O)Oc2ccc(Cl)c(Cl)c2)c(Cl)c1Cl. The fourth-order valence-electron chi connectivity index (χ4n) is 2.39. The van der Waals surface area contributed by atoms with Crippen molar-refractivity contribution < 1.29 is 19.1 Å². The van der Waals surface area contributed by atoms with Crippen LogP contribution in [0, 0.1) is 0 Å². The second-order valence-electron chi connectivity index (χ2n) is 5.94. The average molecular weight is 594 g/mol. The summed E-state index contributed by atoms with van der Waals surface area (Å²) in [4.78, 5) is 25.3. The maximum atomic E-state index is 12.7.